The van der Waals surface area contributed by atoms with Crippen LogP contribution in [-0.2, 0) is 7.05 Å². The van der Waals surface area contributed by atoms with Gasteiger partial charge >= 0.3 is 0 Å². The Kier molecular flexibility index (Phi) is 4.43. The van der Waals surface area contributed by atoms with Crippen molar-refractivity contribution in [3.8, 4) is 17.0 Å². The predicted octanol–water partition coefficient (Wildman–Crippen LogP) is 3.63. The monoisotopic (exact) mass is 291 g/mol. The molecule has 20 heavy (non-hydrogen) atoms. The van der Waals surface area contributed by atoms with Crippen molar-refractivity contribution in [1.82, 2.24) is 5.10 Å². The number of benzene rings is 1. The molecule has 0 fully saturated rings. The van der Waals surface area contributed by atoms with E-state index in [1.807, 2.05) is 20.9 Å². The molecule has 0 bridgehead atoms. The van der Waals surface area contributed by atoms with E-state index in [1.165, 1.54) is 27.4 Å². The molecule has 0 atom stereocenters. The van der Waals surface area contributed by atoms with E-state index in [4.69, 9.17) is 4.74 Å². The maximum Gasteiger partial charge on any atom is 0.268 e. The van der Waals surface area contributed by atoms with Gasteiger partial charge in [0.1, 0.15) is 11.4 Å². The molecule has 0 unspecified atom stereocenters. The summed E-state index contributed by atoms with van der Waals surface area (Å²) in [4.78, 5) is 0. The number of nitrogens with one attached hydrogen (secondary N) is 1. The molecular weight excluding hydrogens is 268 g/mol. The standard InChI is InChI=1S/C16H22N2OS/c1-10(2)19-14-8-7-13(9-11(14)3)15-12(4)16(20-6)18(5)17-15/h7-10H,1-6H3/p+1. The summed E-state index contributed by atoms with van der Waals surface area (Å²) >= 11 is 1.76. The van der Waals surface area contributed by atoms with Crippen LogP contribution in [0.1, 0.15) is 25.0 Å². The van der Waals surface area contributed by atoms with Gasteiger partial charge in [-0.15, -0.1) is 4.68 Å². The molecule has 0 radical (unpaired) electrons. The number of rotatable bonds is 4. The second-order valence-corrected chi connectivity index (χ2v) is 6.12. The van der Waals surface area contributed by atoms with E-state index < -0.39 is 0 Å². The first-order valence-corrected chi connectivity index (χ1v) is 8.06. The van der Waals surface area contributed by atoms with Gasteiger partial charge < -0.3 is 4.74 Å². The highest BCUT2D eigenvalue weighted by atomic mass is 32.2. The summed E-state index contributed by atoms with van der Waals surface area (Å²) in [5, 5.41) is 4.69. The summed E-state index contributed by atoms with van der Waals surface area (Å²) in [6.45, 7) is 8.35. The van der Waals surface area contributed by atoms with E-state index in [-0.39, 0.29) is 6.10 Å². The Hall–Kier alpha value is -1.42. The third kappa shape index (κ3) is 2.85. The van der Waals surface area contributed by atoms with Gasteiger partial charge in [0.05, 0.1) is 11.7 Å². The minimum absolute atomic E-state index is 0.202. The third-order valence-electron chi connectivity index (χ3n) is 3.30. The minimum Gasteiger partial charge on any atom is -0.491 e. The number of aromatic amines is 1. The van der Waals surface area contributed by atoms with Crippen molar-refractivity contribution in [2.24, 2.45) is 7.05 Å². The first kappa shape index (κ1) is 15.0. The molecule has 1 N–H and O–H groups in total. The number of ether oxygens (including phenoxy) is 1. The number of thioether (sulfide) groups is 1. The zero-order valence-corrected chi connectivity index (χ0v) is 13.9. The van der Waals surface area contributed by atoms with Crippen LogP contribution in [0.4, 0.5) is 0 Å². The number of hydrogen-bond donors (Lipinski definition) is 1. The Labute approximate surface area is 125 Å². The Bertz CT molecular complexity index is 617. The first-order valence-electron chi connectivity index (χ1n) is 6.84. The fourth-order valence-corrected chi connectivity index (χ4v) is 3.15. The molecule has 0 amide bonds. The van der Waals surface area contributed by atoms with Crippen molar-refractivity contribution in [3.63, 3.8) is 0 Å². The largest absolute Gasteiger partial charge is 0.491 e. The lowest BCUT2D eigenvalue weighted by molar-refractivity contribution is -0.760. The Balaban J connectivity index is 2.42. The van der Waals surface area contributed by atoms with E-state index in [9.17, 15) is 0 Å². The highest BCUT2D eigenvalue weighted by molar-refractivity contribution is 7.98. The topological polar surface area (TPSA) is 28.9 Å². The third-order valence-corrected chi connectivity index (χ3v) is 4.27. The number of aromatic nitrogens is 2. The van der Waals surface area contributed by atoms with Gasteiger partial charge in [-0.3, -0.25) is 0 Å². The molecule has 1 aromatic heterocycles. The van der Waals surface area contributed by atoms with Crippen molar-refractivity contribution in [1.29, 1.82) is 0 Å². The number of hydrogen-bond acceptors (Lipinski definition) is 2. The first-order chi connectivity index (χ1) is 9.43. The molecule has 2 aromatic rings. The van der Waals surface area contributed by atoms with Crippen LogP contribution in [-0.4, -0.2) is 17.5 Å². The minimum atomic E-state index is 0.202. The number of nitrogens with zero attached hydrogens (tertiary/aromatic N) is 1. The Morgan fingerprint density at radius 3 is 2.45 bits per heavy atom. The van der Waals surface area contributed by atoms with Crippen LogP contribution in [0.15, 0.2) is 23.2 Å². The Morgan fingerprint density at radius 1 is 1.25 bits per heavy atom. The summed E-state index contributed by atoms with van der Waals surface area (Å²) in [6.07, 6.45) is 2.30. The maximum absolute atomic E-state index is 5.80. The molecule has 4 heteroatoms. The molecule has 0 spiro atoms. The van der Waals surface area contributed by atoms with Gasteiger partial charge in [0, 0.05) is 5.56 Å². The number of aryl methyl sites for hydroxylation is 2. The molecule has 3 nitrogen and oxygen atoms in total. The molecule has 1 heterocycles. The van der Waals surface area contributed by atoms with E-state index >= 15 is 0 Å². The molecule has 0 saturated carbocycles. The average molecular weight is 291 g/mol. The second-order valence-electron chi connectivity index (χ2n) is 5.33. The lowest BCUT2D eigenvalue weighted by atomic mass is 10.1. The second kappa shape index (κ2) is 5.92. The van der Waals surface area contributed by atoms with Crippen LogP contribution in [0.3, 0.4) is 0 Å². The van der Waals surface area contributed by atoms with Gasteiger partial charge in [-0.25, -0.2) is 0 Å². The zero-order chi connectivity index (χ0) is 14.9. The Morgan fingerprint density at radius 2 is 1.95 bits per heavy atom. The molecule has 0 aliphatic carbocycles. The molecule has 1 aromatic carbocycles. The molecular formula is C16H23N2OS+. The van der Waals surface area contributed by atoms with Crippen molar-refractivity contribution >= 4 is 11.8 Å². The summed E-state index contributed by atoms with van der Waals surface area (Å²) in [6, 6.07) is 6.36. The number of H-pyrrole nitrogens is 1. The lowest BCUT2D eigenvalue weighted by Gasteiger charge is -2.13. The summed E-state index contributed by atoms with van der Waals surface area (Å²) in [7, 11) is 2.05. The summed E-state index contributed by atoms with van der Waals surface area (Å²) in [5.74, 6) is 0.961. The predicted molar refractivity (Wildman–Crippen MR) is 84.4 cm³/mol. The van der Waals surface area contributed by atoms with Gasteiger partial charge in [-0.2, -0.15) is 5.10 Å². The van der Waals surface area contributed by atoms with Gasteiger partial charge in [-0.1, -0.05) is 11.8 Å². The van der Waals surface area contributed by atoms with Crippen LogP contribution in [0.2, 0.25) is 0 Å². The van der Waals surface area contributed by atoms with Gasteiger partial charge in [-0.05, 0) is 57.7 Å². The van der Waals surface area contributed by atoms with Crippen molar-refractivity contribution in [2.45, 2.75) is 38.8 Å². The van der Waals surface area contributed by atoms with E-state index in [0.717, 1.165) is 5.75 Å². The van der Waals surface area contributed by atoms with Gasteiger partial charge in [0.2, 0.25) is 0 Å². The molecule has 2 rings (SSSR count). The summed E-state index contributed by atoms with van der Waals surface area (Å²) < 4.78 is 7.87. The fourth-order valence-electron chi connectivity index (χ4n) is 2.42. The quantitative estimate of drug-likeness (QED) is 0.688. The van der Waals surface area contributed by atoms with Crippen LogP contribution in [0.5, 0.6) is 5.75 Å². The van der Waals surface area contributed by atoms with E-state index in [2.05, 4.69) is 48.1 Å². The molecule has 0 aliphatic heterocycles. The average Bonchev–Trinajstić information content (AvgIpc) is 2.66. The van der Waals surface area contributed by atoms with Crippen LogP contribution in [0.25, 0.3) is 11.3 Å². The normalized spacial score (nSPS) is 11.2. The molecule has 0 aliphatic rings. The molecule has 108 valence electrons. The van der Waals surface area contributed by atoms with Crippen molar-refractivity contribution < 1.29 is 9.42 Å². The van der Waals surface area contributed by atoms with Crippen LogP contribution in [0, 0.1) is 13.8 Å². The lowest BCUT2D eigenvalue weighted by Crippen LogP contribution is -2.31. The SMILES string of the molecule is CSc1c(C)c(-c2ccc(OC(C)C)c(C)c2)[nH][n+]1C. The van der Waals surface area contributed by atoms with Crippen molar-refractivity contribution in [2.75, 3.05) is 6.26 Å². The molecule has 0 saturated heterocycles. The highest BCUT2D eigenvalue weighted by Crippen LogP contribution is 2.30. The van der Waals surface area contributed by atoms with E-state index in [0.29, 0.717) is 0 Å². The highest BCUT2D eigenvalue weighted by Gasteiger charge is 2.19. The van der Waals surface area contributed by atoms with E-state index in [1.54, 1.807) is 11.8 Å². The zero-order valence-electron chi connectivity index (χ0n) is 13.1. The van der Waals surface area contributed by atoms with Crippen LogP contribution < -0.4 is 9.42 Å². The smallest absolute Gasteiger partial charge is 0.268 e. The fraction of sp³-hybridized carbons (Fsp3) is 0.438. The van der Waals surface area contributed by atoms with Gasteiger partial charge in [0.15, 0.2) is 7.05 Å². The maximum atomic E-state index is 5.80. The van der Waals surface area contributed by atoms with Gasteiger partial charge in [0.25, 0.3) is 5.03 Å². The summed E-state index contributed by atoms with van der Waals surface area (Å²) in [5.41, 5.74) is 4.83. The van der Waals surface area contributed by atoms with Crippen LogP contribution >= 0.6 is 11.8 Å². The van der Waals surface area contributed by atoms with Crippen molar-refractivity contribution in [3.05, 3.63) is 29.3 Å².